The number of rotatable bonds is 36. The number of primary amides is 1. The van der Waals surface area contributed by atoms with Crippen LogP contribution in [0.3, 0.4) is 0 Å². The molecule has 0 fully saturated rings. The van der Waals surface area contributed by atoms with Crippen LogP contribution in [0, 0.1) is 20.2 Å². The number of hydrogen-bond acceptors (Lipinski definition) is 10. The minimum absolute atomic E-state index is 0.0902. The summed E-state index contributed by atoms with van der Waals surface area (Å²) in [7, 11) is 0. The molecule has 0 aromatic heterocycles. The monoisotopic (exact) mass is 843 g/mol. The van der Waals surface area contributed by atoms with Crippen LogP contribution in [0.15, 0.2) is 24.3 Å². The third-order valence-corrected chi connectivity index (χ3v) is 10.4. The summed E-state index contributed by atoms with van der Waals surface area (Å²) >= 11 is 0. The van der Waals surface area contributed by atoms with Gasteiger partial charge in [0.2, 0.25) is 0 Å². The van der Waals surface area contributed by atoms with Crippen molar-refractivity contribution in [2.75, 3.05) is 31.3 Å². The van der Waals surface area contributed by atoms with Gasteiger partial charge in [0, 0.05) is 12.1 Å². The van der Waals surface area contributed by atoms with Crippen molar-refractivity contribution >= 4 is 34.6 Å². The van der Waals surface area contributed by atoms with Crippen molar-refractivity contribution < 1.29 is 38.4 Å². The first-order valence-electron chi connectivity index (χ1n) is 22.9. The fourth-order valence-electron chi connectivity index (χ4n) is 6.90. The van der Waals surface area contributed by atoms with Crippen LogP contribution in [-0.2, 0) is 9.59 Å². The highest BCUT2D eigenvalue weighted by Gasteiger charge is 2.36. The van der Waals surface area contributed by atoms with Crippen LogP contribution in [0.4, 0.5) is 22.7 Å². The number of carbonyl (C=O) groups is 2. The summed E-state index contributed by atoms with van der Waals surface area (Å²) in [6.45, 7) is 9.63. The molecule has 0 unspecified atom stereocenters. The largest absolute Gasteiger partial charge is 0.490 e. The van der Waals surface area contributed by atoms with Crippen LogP contribution in [0.2, 0.25) is 0 Å². The highest BCUT2D eigenvalue weighted by atomic mass is 16.6. The van der Waals surface area contributed by atoms with E-state index >= 15 is 0 Å². The van der Waals surface area contributed by atoms with Gasteiger partial charge in [-0.15, -0.1) is 0 Å². The van der Waals surface area contributed by atoms with Crippen LogP contribution in [0.25, 0.3) is 0 Å². The molecule has 0 atom stereocenters. The second-order valence-electron chi connectivity index (χ2n) is 15.6. The first-order valence-corrected chi connectivity index (χ1v) is 22.9. The van der Waals surface area contributed by atoms with Crippen molar-refractivity contribution in [2.45, 2.75) is 182 Å². The smallest absolute Gasteiger partial charge is 0.321 e. The van der Waals surface area contributed by atoms with Crippen molar-refractivity contribution in [2.24, 2.45) is 5.73 Å². The van der Waals surface area contributed by atoms with E-state index in [-0.39, 0.29) is 49.4 Å². The van der Waals surface area contributed by atoms with E-state index < -0.39 is 44.4 Å². The Morgan fingerprint density at radius 1 is 0.467 bits per heavy atom. The predicted molar refractivity (Wildman–Crippen MR) is 238 cm³/mol. The maximum Gasteiger partial charge on any atom is 0.321 e. The second-order valence-corrected chi connectivity index (χ2v) is 15.6. The number of benzene rings is 2. The van der Waals surface area contributed by atoms with E-state index in [0.29, 0.717) is 30.6 Å². The Morgan fingerprint density at radius 3 is 0.967 bits per heavy atom. The number of ether oxygens (including phenoxy) is 4. The third-order valence-electron chi connectivity index (χ3n) is 10.4. The number of hydrogen-bond donors (Lipinski definition) is 1. The maximum absolute atomic E-state index is 13.9. The van der Waals surface area contributed by atoms with Crippen molar-refractivity contribution in [3.05, 3.63) is 44.5 Å². The van der Waals surface area contributed by atoms with Crippen molar-refractivity contribution in [3.8, 4) is 23.0 Å². The standard InChI is InChI=1S/C46H74N4O10/c1-5-9-13-17-21-25-29-57-41-33-37(39(49(53)54)35-43(41)59-31-27-23-19-15-11-7-3)48(46(52)45(47)51)38-34-42(58-30-26-22-18-14-10-6-2)44(36-40(38)50(55)56)60-32-28-24-20-16-12-8-4/h33-36H,5-32H2,1-4H3,(H2,47,51). The normalized spacial score (nSPS) is 11.0. The fourth-order valence-corrected chi connectivity index (χ4v) is 6.90. The lowest BCUT2D eigenvalue weighted by molar-refractivity contribution is -0.384. The number of anilines is 2. The van der Waals surface area contributed by atoms with E-state index in [1.807, 2.05) is 0 Å². The Morgan fingerprint density at radius 2 is 0.717 bits per heavy atom. The highest BCUT2D eigenvalue weighted by Crippen LogP contribution is 2.47. The molecule has 0 saturated carbocycles. The number of nitrogens with zero attached hydrogens (tertiary/aromatic N) is 3. The van der Waals surface area contributed by atoms with Crippen molar-refractivity contribution in [3.63, 3.8) is 0 Å². The summed E-state index contributed by atoms with van der Waals surface area (Å²) in [5.41, 5.74) is 3.40. The third kappa shape index (κ3) is 19.2. The molecule has 0 aliphatic carbocycles. The number of nitro benzene ring substituents is 2. The van der Waals surface area contributed by atoms with Crippen molar-refractivity contribution in [1.82, 2.24) is 0 Å². The molecule has 0 radical (unpaired) electrons. The zero-order valence-electron chi connectivity index (χ0n) is 37.1. The van der Waals surface area contributed by atoms with Gasteiger partial charge in [0.1, 0.15) is 11.4 Å². The lowest BCUT2D eigenvalue weighted by Gasteiger charge is -2.24. The molecule has 60 heavy (non-hydrogen) atoms. The highest BCUT2D eigenvalue weighted by molar-refractivity contribution is 6.42. The van der Waals surface area contributed by atoms with Crippen LogP contribution >= 0.6 is 0 Å². The van der Waals surface area contributed by atoms with Crippen LogP contribution < -0.4 is 29.6 Å². The Balaban J connectivity index is 2.68. The summed E-state index contributed by atoms with van der Waals surface area (Å²) in [5.74, 6) is -2.53. The number of amides is 2. The van der Waals surface area contributed by atoms with Gasteiger partial charge in [0.05, 0.1) is 48.4 Å². The molecule has 0 aliphatic heterocycles. The van der Waals surface area contributed by atoms with E-state index in [9.17, 15) is 29.8 Å². The molecule has 0 heterocycles. The average Bonchev–Trinajstić information content (AvgIpc) is 3.23. The molecule has 0 bridgehead atoms. The maximum atomic E-state index is 13.9. The molecule has 2 rings (SSSR count). The fraction of sp³-hybridized carbons (Fsp3) is 0.696. The van der Waals surface area contributed by atoms with Gasteiger partial charge < -0.3 is 24.7 Å². The van der Waals surface area contributed by atoms with E-state index in [2.05, 4.69) is 27.7 Å². The van der Waals surface area contributed by atoms with Gasteiger partial charge in [0.25, 0.3) is 11.4 Å². The first kappa shape index (κ1) is 51.5. The molecule has 2 amide bonds. The molecule has 14 heteroatoms. The molecular weight excluding hydrogens is 769 g/mol. The number of carbonyl (C=O) groups excluding carboxylic acids is 2. The molecule has 14 nitrogen and oxygen atoms in total. The topological polar surface area (TPSA) is 187 Å². The zero-order valence-corrected chi connectivity index (χ0v) is 37.1. The Labute approximate surface area is 358 Å². The van der Waals surface area contributed by atoms with Crippen LogP contribution in [0.1, 0.15) is 182 Å². The van der Waals surface area contributed by atoms with E-state index in [0.717, 1.165) is 141 Å². The molecule has 2 N–H and O–H groups in total. The van der Waals surface area contributed by atoms with Crippen LogP contribution in [-0.4, -0.2) is 48.1 Å². The van der Waals surface area contributed by atoms with Gasteiger partial charge in [-0.3, -0.25) is 34.7 Å². The van der Waals surface area contributed by atoms with Gasteiger partial charge >= 0.3 is 11.8 Å². The molecule has 338 valence electrons. The summed E-state index contributed by atoms with van der Waals surface area (Å²) in [6.07, 6.45) is 24.0. The van der Waals surface area contributed by atoms with Gasteiger partial charge in [-0.05, 0) is 25.7 Å². The molecule has 0 saturated heterocycles. The minimum atomic E-state index is -1.48. The summed E-state index contributed by atoms with van der Waals surface area (Å²) < 4.78 is 24.5. The Hall–Kier alpha value is -4.62. The molecule has 0 spiro atoms. The van der Waals surface area contributed by atoms with Crippen LogP contribution in [0.5, 0.6) is 23.0 Å². The van der Waals surface area contributed by atoms with E-state index in [4.69, 9.17) is 24.7 Å². The van der Waals surface area contributed by atoms with Gasteiger partial charge in [0.15, 0.2) is 23.0 Å². The van der Waals surface area contributed by atoms with Gasteiger partial charge in [-0.2, -0.15) is 0 Å². The molecule has 2 aromatic rings. The lowest BCUT2D eigenvalue weighted by Crippen LogP contribution is -2.38. The Kier molecular flexibility index (Phi) is 26.9. The number of nitrogens with two attached hydrogens (primary N) is 1. The minimum Gasteiger partial charge on any atom is -0.490 e. The quantitative estimate of drug-likeness (QED) is 0.0299. The SMILES string of the molecule is CCCCCCCCOc1cc(N(C(=O)C(N)=O)c2cc(OCCCCCCCC)c(OCCCCCCCC)cc2[N+](=O)[O-])c([N+](=O)[O-])cc1OCCCCCCCC. The number of unbranched alkanes of at least 4 members (excludes halogenated alkanes) is 20. The van der Waals surface area contributed by atoms with E-state index in [1.54, 1.807) is 0 Å². The number of nitro groups is 2. The summed E-state index contributed by atoms with van der Waals surface area (Å²) in [4.78, 5) is 51.3. The predicted octanol–water partition coefficient (Wildman–Crippen LogP) is 12.6. The van der Waals surface area contributed by atoms with Gasteiger partial charge in [-0.1, -0.05) is 156 Å². The second kappa shape index (κ2) is 31.3. The Bertz CT molecular complexity index is 1470. The molecule has 2 aromatic carbocycles. The van der Waals surface area contributed by atoms with E-state index in [1.165, 1.54) is 12.1 Å². The average molecular weight is 843 g/mol. The molecular formula is C46H74N4O10. The summed E-state index contributed by atoms with van der Waals surface area (Å²) in [5, 5.41) is 25.6. The zero-order chi connectivity index (χ0) is 44.0. The van der Waals surface area contributed by atoms with Gasteiger partial charge in [-0.25, -0.2) is 0 Å². The summed E-state index contributed by atoms with van der Waals surface area (Å²) in [6, 6.07) is 4.75. The molecule has 0 aliphatic rings. The lowest BCUT2D eigenvalue weighted by atomic mass is 10.1. The van der Waals surface area contributed by atoms with Crippen molar-refractivity contribution in [1.29, 1.82) is 0 Å². The first-order chi connectivity index (χ1) is 29.1.